The number of fused-ring (bicyclic) bond motifs is 1. The Balaban J connectivity index is 1.82. The Hall–Kier alpha value is -2.56. The molecule has 0 bridgehead atoms. The first kappa shape index (κ1) is 13.4. The lowest BCUT2D eigenvalue weighted by molar-refractivity contribution is -0.137. The van der Waals surface area contributed by atoms with E-state index in [1.54, 1.807) is 12.3 Å². The van der Waals surface area contributed by atoms with Gasteiger partial charge in [0.1, 0.15) is 0 Å². The molecule has 2 aromatic carbocycles. The van der Waals surface area contributed by atoms with E-state index in [0.29, 0.717) is 5.56 Å². The van der Waals surface area contributed by atoms with Crippen LogP contribution in [-0.4, -0.2) is 10.2 Å². The quantitative estimate of drug-likeness (QED) is 0.677. The summed E-state index contributed by atoms with van der Waals surface area (Å²) in [6.45, 7) is 0. The molecule has 0 spiro atoms. The fourth-order valence-electron chi connectivity index (χ4n) is 2.03. The summed E-state index contributed by atoms with van der Waals surface area (Å²) in [5.41, 5.74) is 1.95. The molecule has 0 aliphatic rings. The van der Waals surface area contributed by atoms with E-state index in [2.05, 4.69) is 10.2 Å². The third-order valence-electron chi connectivity index (χ3n) is 3.17. The molecule has 0 aliphatic heterocycles. The molecule has 21 heavy (non-hydrogen) atoms. The number of aromatic amines is 1. The third kappa shape index (κ3) is 2.97. The second-order valence-corrected chi connectivity index (χ2v) is 4.67. The van der Waals surface area contributed by atoms with Crippen LogP contribution in [-0.2, 0) is 6.18 Å². The Morgan fingerprint density at radius 1 is 0.905 bits per heavy atom. The summed E-state index contributed by atoms with van der Waals surface area (Å²) in [6.07, 6.45) is 1.06. The molecule has 2 nitrogen and oxygen atoms in total. The van der Waals surface area contributed by atoms with Gasteiger partial charge in [-0.2, -0.15) is 18.3 Å². The molecule has 0 radical (unpaired) electrons. The first-order chi connectivity index (χ1) is 10.0. The van der Waals surface area contributed by atoms with E-state index in [1.165, 1.54) is 12.1 Å². The highest BCUT2D eigenvalue weighted by molar-refractivity contribution is 5.82. The molecule has 0 unspecified atom stereocenters. The zero-order valence-corrected chi connectivity index (χ0v) is 10.9. The van der Waals surface area contributed by atoms with Crippen LogP contribution in [0.4, 0.5) is 13.2 Å². The van der Waals surface area contributed by atoms with Crippen molar-refractivity contribution in [2.45, 2.75) is 6.18 Å². The highest BCUT2D eigenvalue weighted by Crippen LogP contribution is 2.29. The molecule has 3 aromatic rings. The van der Waals surface area contributed by atoms with E-state index in [1.807, 2.05) is 24.3 Å². The summed E-state index contributed by atoms with van der Waals surface area (Å²) in [5.74, 6) is 0. The third-order valence-corrected chi connectivity index (χ3v) is 3.17. The molecule has 0 saturated carbocycles. The summed E-state index contributed by atoms with van der Waals surface area (Å²) >= 11 is 0. The Morgan fingerprint density at radius 3 is 2.29 bits per heavy atom. The minimum absolute atomic E-state index is 0.640. The maximum absolute atomic E-state index is 12.5. The molecule has 1 N–H and O–H groups in total. The standard InChI is InChI=1S/C16H11F3N2/c17-16(18,19)14-7-4-11(5-8-14)1-2-12-3-6-13-10-20-21-15(13)9-12/h1-10H,(H,20,21)/b2-1+. The van der Waals surface area contributed by atoms with Gasteiger partial charge in [-0.15, -0.1) is 0 Å². The van der Waals surface area contributed by atoms with Crippen LogP contribution in [0.5, 0.6) is 0 Å². The predicted octanol–water partition coefficient (Wildman–Crippen LogP) is 4.75. The van der Waals surface area contributed by atoms with Crippen molar-refractivity contribution < 1.29 is 13.2 Å². The van der Waals surface area contributed by atoms with Gasteiger partial charge in [0.15, 0.2) is 0 Å². The van der Waals surface area contributed by atoms with Crippen molar-refractivity contribution in [3.8, 4) is 0 Å². The molecule has 3 rings (SSSR count). The van der Waals surface area contributed by atoms with Crippen LogP contribution < -0.4 is 0 Å². The smallest absolute Gasteiger partial charge is 0.278 e. The summed E-state index contributed by atoms with van der Waals surface area (Å²) < 4.78 is 37.4. The van der Waals surface area contributed by atoms with Crippen LogP contribution in [0.3, 0.4) is 0 Å². The van der Waals surface area contributed by atoms with Crippen molar-refractivity contribution in [2.24, 2.45) is 0 Å². The number of nitrogens with zero attached hydrogens (tertiary/aromatic N) is 1. The van der Waals surface area contributed by atoms with Gasteiger partial charge in [0, 0.05) is 5.39 Å². The Morgan fingerprint density at radius 2 is 1.57 bits per heavy atom. The second-order valence-electron chi connectivity index (χ2n) is 4.67. The summed E-state index contributed by atoms with van der Waals surface area (Å²) in [5, 5.41) is 7.83. The molecular weight excluding hydrogens is 277 g/mol. The van der Waals surface area contributed by atoms with E-state index in [0.717, 1.165) is 28.6 Å². The number of rotatable bonds is 2. The van der Waals surface area contributed by atoms with Gasteiger partial charge in [-0.3, -0.25) is 5.10 Å². The monoisotopic (exact) mass is 288 g/mol. The molecule has 106 valence electrons. The molecular formula is C16H11F3N2. The van der Waals surface area contributed by atoms with E-state index in [9.17, 15) is 13.2 Å². The molecule has 0 atom stereocenters. The first-order valence-corrected chi connectivity index (χ1v) is 6.31. The van der Waals surface area contributed by atoms with E-state index < -0.39 is 11.7 Å². The summed E-state index contributed by atoms with van der Waals surface area (Å²) in [7, 11) is 0. The van der Waals surface area contributed by atoms with Crippen molar-refractivity contribution in [1.82, 2.24) is 10.2 Å². The zero-order valence-electron chi connectivity index (χ0n) is 10.9. The average molecular weight is 288 g/mol. The minimum atomic E-state index is -4.30. The molecule has 0 aliphatic carbocycles. The lowest BCUT2D eigenvalue weighted by atomic mass is 10.1. The fraction of sp³-hybridized carbons (Fsp3) is 0.0625. The van der Waals surface area contributed by atoms with Crippen molar-refractivity contribution in [2.75, 3.05) is 0 Å². The van der Waals surface area contributed by atoms with Crippen LogP contribution in [0, 0.1) is 0 Å². The normalized spacial score (nSPS) is 12.3. The number of hydrogen-bond donors (Lipinski definition) is 1. The lowest BCUT2D eigenvalue weighted by Gasteiger charge is -2.05. The lowest BCUT2D eigenvalue weighted by Crippen LogP contribution is -2.03. The van der Waals surface area contributed by atoms with Gasteiger partial charge < -0.3 is 0 Å². The van der Waals surface area contributed by atoms with Gasteiger partial charge >= 0.3 is 6.18 Å². The predicted molar refractivity (Wildman–Crippen MR) is 76.5 cm³/mol. The largest absolute Gasteiger partial charge is 0.416 e. The number of hydrogen-bond acceptors (Lipinski definition) is 1. The van der Waals surface area contributed by atoms with E-state index in [4.69, 9.17) is 0 Å². The Kier molecular flexibility index (Phi) is 3.25. The SMILES string of the molecule is FC(F)(F)c1ccc(/C=C/c2ccc3cn[nH]c3c2)cc1. The van der Waals surface area contributed by atoms with Crippen LogP contribution in [0.2, 0.25) is 0 Å². The van der Waals surface area contributed by atoms with E-state index >= 15 is 0 Å². The van der Waals surface area contributed by atoms with Crippen molar-refractivity contribution in [3.63, 3.8) is 0 Å². The van der Waals surface area contributed by atoms with Crippen molar-refractivity contribution in [1.29, 1.82) is 0 Å². The van der Waals surface area contributed by atoms with Gasteiger partial charge in [0.2, 0.25) is 0 Å². The maximum Gasteiger partial charge on any atom is 0.416 e. The van der Waals surface area contributed by atoms with Gasteiger partial charge in [-0.25, -0.2) is 0 Å². The second kappa shape index (κ2) is 5.09. The first-order valence-electron chi connectivity index (χ1n) is 6.31. The molecule has 1 aromatic heterocycles. The van der Waals surface area contributed by atoms with Gasteiger partial charge in [0.05, 0.1) is 17.3 Å². The molecule has 0 amide bonds. The Bertz CT molecular complexity index is 783. The maximum atomic E-state index is 12.5. The van der Waals surface area contributed by atoms with Crippen molar-refractivity contribution in [3.05, 3.63) is 65.4 Å². The van der Waals surface area contributed by atoms with Gasteiger partial charge in [-0.1, -0.05) is 36.4 Å². The number of nitrogens with one attached hydrogen (secondary N) is 1. The number of aromatic nitrogens is 2. The number of benzene rings is 2. The molecule has 5 heteroatoms. The Labute approximate surface area is 118 Å². The molecule has 0 saturated heterocycles. The highest BCUT2D eigenvalue weighted by atomic mass is 19.4. The summed E-state index contributed by atoms with van der Waals surface area (Å²) in [6, 6.07) is 10.9. The minimum Gasteiger partial charge on any atom is -0.278 e. The number of halogens is 3. The fourth-order valence-corrected chi connectivity index (χ4v) is 2.03. The van der Waals surface area contributed by atoms with Crippen molar-refractivity contribution >= 4 is 23.1 Å². The van der Waals surface area contributed by atoms with Gasteiger partial charge in [-0.05, 0) is 29.3 Å². The summed E-state index contributed by atoms with van der Waals surface area (Å²) in [4.78, 5) is 0. The number of alkyl halides is 3. The van der Waals surface area contributed by atoms with E-state index in [-0.39, 0.29) is 0 Å². The van der Waals surface area contributed by atoms with Crippen LogP contribution >= 0.6 is 0 Å². The van der Waals surface area contributed by atoms with Crippen LogP contribution in [0.1, 0.15) is 16.7 Å². The highest BCUT2D eigenvalue weighted by Gasteiger charge is 2.29. The zero-order chi connectivity index (χ0) is 14.9. The van der Waals surface area contributed by atoms with Crippen LogP contribution in [0.15, 0.2) is 48.7 Å². The van der Waals surface area contributed by atoms with Gasteiger partial charge in [0.25, 0.3) is 0 Å². The molecule has 1 heterocycles. The topological polar surface area (TPSA) is 28.7 Å². The number of H-pyrrole nitrogens is 1. The molecule has 0 fully saturated rings. The van der Waals surface area contributed by atoms with Crippen LogP contribution in [0.25, 0.3) is 23.1 Å². The average Bonchev–Trinajstić information content (AvgIpc) is 2.92.